The van der Waals surface area contributed by atoms with E-state index in [9.17, 15) is 0 Å². The molecule has 0 saturated heterocycles. The van der Waals surface area contributed by atoms with Crippen molar-refractivity contribution in [3.05, 3.63) is 35.8 Å². The lowest BCUT2D eigenvalue weighted by molar-refractivity contribution is 0.422. The van der Waals surface area contributed by atoms with E-state index in [1.807, 2.05) is 0 Å². The van der Waals surface area contributed by atoms with Crippen molar-refractivity contribution in [2.24, 2.45) is 0 Å². The summed E-state index contributed by atoms with van der Waals surface area (Å²) in [4.78, 5) is 3.86. The number of hydrogen-bond acceptors (Lipinski definition) is 3. The number of aromatic nitrogens is 2. The zero-order valence-corrected chi connectivity index (χ0v) is 6.82. The van der Waals surface area contributed by atoms with Gasteiger partial charge in [0.25, 0.3) is 0 Å². The van der Waals surface area contributed by atoms with Gasteiger partial charge in [-0.1, -0.05) is 16.8 Å². The minimum absolute atomic E-state index is 0.575. The zero-order chi connectivity index (χ0) is 8.39. The fourth-order valence-corrected chi connectivity index (χ4v) is 1.15. The summed E-state index contributed by atoms with van der Waals surface area (Å²) >= 11 is 5.87. The second-order valence-corrected chi connectivity index (χ2v) is 2.65. The van der Waals surface area contributed by atoms with Crippen molar-refractivity contribution < 1.29 is 4.52 Å². The fourth-order valence-electron chi connectivity index (χ4n) is 0.934. The van der Waals surface area contributed by atoms with Crippen LogP contribution in [0.1, 0.15) is 0 Å². The Balaban J connectivity index is 2.55. The Morgan fingerprint density at radius 3 is 2.92 bits per heavy atom. The minimum Gasteiger partial charge on any atom is -0.364 e. The van der Waals surface area contributed by atoms with E-state index in [1.165, 1.54) is 6.26 Å². The molecule has 2 aromatic heterocycles. The predicted molar refractivity (Wildman–Crippen MR) is 44.7 cm³/mol. The van der Waals surface area contributed by atoms with E-state index in [-0.39, 0.29) is 0 Å². The van der Waals surface area contributed by atoms with Gasteiger partial charge < -0.3 is 4.52 Å². The van der Waals surface area contributed by atoms with Crippen LogP contribution in [-0.2, 0) is 0 Å². The van der Waals surface area contributed by atoms with Crippen LogP contribution in [0.15, 0.2) is 35.3 Å². The SMILES string of the molecule is Clc1cnccc1-c1ccon1. The predicted octanol–water partition coefficient (Wildman–Crippen LogP) is 2.39. The van der Waals surface area contributed by atoms with Gasteiger partial charge in [0.1, 0.15) is 12.0 Å². The largest absolute Gasteiger partial charge is 0.364 e. The summed E-state index contributed by atoms with van der Waals surface area (Å²) in [6.45, 7) is 0. The van der Waals surface area contributed by atoms with Gasteiger partial charge >= 0.3 is 0 Å². The van der Waals surface area contributed by atoms with Crippen molar-refractivity contribution in [2.75, 3.05) is 0 Å². The summed E-state index contributed by atoms with van der Waals surface area (Å²) in [7, 11) is 0. The highest BCUT2D eigenvalue weighted by Crippen LogP contribution is 2.24. The maximum Gasteiger partial charge on any atom is 0.124 e. The first kappa shape index (κ1) is 7.31. The Morgan fingerprint density at radius 2 is 2.25 bits per heavy atom. The lowest BCUT2D eigenvalue weighted by Gasteiger charge is -1.95. The van der Waals surface area contributed by atoms with Crippen molar-refractivity contribution in [3.63, 3.8) is 0 Å². The van der Waals surface area contributed by atoms with Gasteiger partial charge in [-0.3, -0.25) is 4.98 Å². The molecule has 2 aromatic rings. The number of pyridine rings is 1. The van der Waals surface area contributed by atoms with Gasteiger partial charge in [-0.25, -0.2) is 0 Å². The van der Waals surface area contributed by atoms with Crippen molar-refractivity contribution in [2.45, 2.75) is 0 Å². The number of nitrogens with zero attached hydrogens (tertiary/aromatic N) is 2. The Kier molecular flexibility index (Phi) is 1.80. The smallest absolute Gasteiger partial charge is 0.124 e. The van der Waals surface area contributed by atoms with Gasteiger partial charge in [-0.15, -0.1) is 0 Å². The van der Waals surface area contributed by atoms with E-state index in [1.54, 1.807) is 24.5 Å². The van der Waals surface area contributed by atoms with Crippen LogP contribution in [0.25, 0.3) is 11.3 Å². The molecule has 0 radical (unpaired) electrons. The van der Waals surface area contributed by atoms with Crippen molar-refractivity contribution >= 4 is 11.6 Å². The molecule has 0 aromatic carbocycles. The third-order valence-electron chi connectivity index (χ3n) is 1.49. The Labute approximate surface area is 74.0 Å². The van der Waals surface area contributed by atoms with Gasteiger partial charge in [-0.05, 0) is 6.07 Å². The van der Waals surface area contributed by atoms with E-state index < -0.39 is 0 Å². The summed E-state index contributed by atoms with van der Waals surface area (Å²) in [5.41, 5.74) is 1.56. The first-order chi connectivity index (χ1) is 5.88. The zero-order valence-electron chi connectivity index (χ0n) is 6.07. The van der Waals surface area contributed by atoms with Gasteiger partial charge in [0, 0.05) is 24.0 Å². The number of hydrogen-bond donors (Lipinski definition) is 0. The molecule has 0 N–H and O–H groups in total. The Bertz CT molecular complexity index is 372. The van der Waals surface area contributed by atoms with Crippen LogP contribution >= 0.6 is 11.6 Å². The van der Waals surface area contributed by atoms with E-state index in [0.717, 1.165) is 11.3 Å². The molecule has 0 spiro atoms. The molecule has 0 aliphatic rings. The topological polar surface area (TPSA) is 38.9 Å². The molecule has 0 atom stereocenters. The highest BCUT2D eigenvalue weighted by atomic mass is 35.5. The van der Waals surface area contributed by atoms with Crippen LogP contribution in [0.5, 0.6) is 0 Å². The monoisotopic (exact) mass is 180 g/mol. The van der Waals surface area contributed by atoms with Crippen LogP contribution in [0.2, 0.25) is 5.02 Å². The molecule has 12 heavy (non-hydrogen) atoms. The molecule has 60 valence electrons. The van der Waals surface area contributed by atoms with E-state index >= 15 is 0 Å². The van der Waals surface area contributed by atoms with Gasteiger partial charge in [0.05, 0.1) is 5.02 Å². The quantitative estimate of drug-likeness (QED) is 0.677. The van der Waals surface area contributed by atoms with Crippen molar-refractivity contribution in [1.82, 2.24) is 10.1 Å². The average Bonchev–Trinajstić information content (AvgIpc) is 2.57. The molecule has 0 amide bonds. The van der Waals surface area contributed by atoms with E-state index in [4.69, 9.17) is 16.1 Å². The first-order valence-electron chi connectivity index (χ1n) is 3.38. The number of halogens is 1. The molecule has 0 aliphatic heterocycles. The molecule has 2 heterocycles. The highest BCUT2D eigenvalue weighted by molar-refractivity contribution is 6.33. The Hall–Kier alpha value is -1.35. The minimum atomic E-state index is 0.575. The molecule has 3 nitrogen and oxygen atoms in total. The summed E-state index contributed by atoms with van der Waals surface area (Å²) in [6.07, 6.45) is 4.74. The molecular formula is C8H5ClN2O. The molecule has 0 unspecified atom stereocenters. The third kappa shape index (κ3) is 1.19. The lowest BCUT2D eigenvalue weighted by Crippen LogP contribution is -1.79. The molecule has 0 fully saturated rings. The number of rotatable bonds is 1. The van der Waals surface area contributed by atoms with E-state index in [0.29, 0.717) is 5.02 Å². The van der Waals surface area contributed by atoms with Crippen LogP contribution in [-0.4, -0.2) is 10.1 Å². The highest BCUT2D eigenvalue weighted by Gasteiger charge is 2.04. The summed E-state index contributed by atoms with van der Waals surface area (Å²) in [6, 6.07) is 3.54. The third-order valence-corrected chi connectivity index (χ3v) is 1.79. The molecule has 4 heteroatoms. The Morgan fingerprint density at radius 1 is 1.33 bits per heavy atom. The normalized spacial score (nSPS) is 10.1. The van der Waals surface area contributed by atoms with Crippen LogP contribution < -0.4 is 0 Å². The standard InChI is InChI=1S/C8H5ClN2O/c9-7-5-10-3-1-6(7)8-2-4-12-11-8/h1-5H. The van der Waals surface area contributed by atoms with Crippen LogP contribution in [0.4, 0.5) is 0 Å². The van der Waals surface area contributed by atoms with Crippen molar-refractivity contribution in [3.8, 4) is 11.3 Å². The first-order valence-corrected chi connectivity index (χ1v) is 3.76. The molecule has 0 saturated carbocycles. The average molecular weight is 181 g/mol. The summed E-state index contributed by atoms with van der Waals surface area (Å²) in [5, 5.41) is 4.34. The van der Waals surface area contributed by atoms with E-state index in [2.05, 4.69) is 10.1 Å². The van der Waals surface area contributed by atoms with Crippen LogP contribution in [0, 0.1) is 0 Å². The molecule has 2 rings (SSSR count). The second-order valence-electron chi connectivity index (χ2n) is 2.24. The maximum absolute atomic E-state index is 5.87. The van der Waals surface area contributed by atoms with Gasteiger partial charge in [-0.2, -0.15) is 0 Å². The van der Waals surface area contributed by atoms with Crippen molar-refractivity contribution in [1.29, 1.82) is 0 Å². The van der Waals surface area contributed by atoms with Gasteiger partial charge in [0.15, 0.2) is 0 Å². The molecule has 0 bridgehead atoms. The summed E-state index contributed by atoms with van der Waals surface area (Å²) in [5.74, 6) is 0. The second kappa shape index (κ2) is 2.95. The molecule has 0 aliphatic carbocycles. The summed E-state index contributed by atoms with van der Waals surface area (Å²) < 4.78 is 4.69. The van der Waals surface area contributed by atoms with Gasteiger partial charge in [0.2, 0.25) is 0 Å². The molecular weight excluding hydrogens is 176 g/mol. The fraction of sp³-hybridized carbons (Fsp3) is 0. The maximum atomic E-state index is 5.87. The lowest BCUT2D eigenvalue weighted by atomic mass is 10.2. The van der Waals surface area contributed by atoms with Crippen LogP contribution in [0.3, 0.4) is 0 Å².